The van der Waals surface area contributed by atoms with E-state index in [-0.39, 0.29) is 18.1 Å². The number of carbonyl (C=O) groups excluding carboxylic acids is 1. The number of pyridine rings is 1. The molecule has 1 N–H and O–H groups in total. The number of rotatable bonds is 3. The van der Waals surface area contributed by atoms with Gasteiger partial charge in [0, 0.05) is 17.3 Å². The standard InChI is InChI=1S/C17H13FN2O/c18-15-6-2-1-4-12(15)11-17(21)20-14-7-8-16-13(10-14)5-3-9-19-16/h1-10H,11H2,(H,20,21). The number of anilines is 1. The lowest BCUT2D eigenvalue weighted by Crippen LogP contribution is -2.15. The quantitative estimate of drug-likeness (QED) is 0.797. The first-order chi connectivity index (χ1) is 10.2. The minimum Gasteiger partial charge on any atom is -0.326 e. The normalized spacial score (nSPS) is 10.5. The zero-order valence-corrected chi connectivity index (χ0v) is 11.2. The second-order valence-electron chi connectivity index (χ2n) is 4.73. The number of nitrogens with one attached hydrogen (secondary N) is 1. The molecule has 1 amide bonds. The van der Waals surface area contributed by atoms with E-state index in [0.29, 0.717) is 11.3 Å². The molecule has 0 saturated carbocycles. The maximum Gasteiger partial charge on any atom is 0.228 e. The topological polar surface area (TPSA) is 42.0 Å². The molecule has 21 heavy (non-hydrogen) atoms. The third kappa shape index (κ3) is 3.05. The Morgan fingerprint density at radius 3 is 2.81 bits per heavy atom. The van der Waals surface area contributed by atoms with Crippen LogP contribution in [-0.2, 0) is 11.2 Å². The molecule has 2 aromatic carbocycles. The van der Waals surface area contributed by atoms with Crippen LogP contribution in [0.2, 0.25) is 0 Å². The number of nitrogens with zero attached hydrogens (tertiary/aromatic N) is 1. The van der Waals surface area contributed by atoms with Gasteiger partial charge in [-0.25, -0.2) is 4.39 Å². The molecule has 0 aliphatic heterocycles. The Bertz CT molecular complexity index is 801. The van der Waals surface area contributed by atoms with Crippen LogP contribution in [-0.4, -0.2) is 10.9 Å². The molecule has 0 fully saturated rings. The second kappa shape index (κ2) is 5.71. The molecular formula is C17H13FN2O. The summed E-state index contributed by atoms with van der Waals surface area (Å²) in [5.41, 5.74) is 1.93. The van der Waals surface area contributed by atoms with Gasteiger partial charge in [0.05, 0.1) is 11.9 Å². The van der Waals surface area contributed by atoms with Crippen LogP contribution in [0.1, 0.15) is 5.56 Å². The minimum absolute atomic E-state index is 0.0117. The van der Waals surface area contributed by atoms with Crippen LogP contribution >= 0.6 is 0 Å². The zero-order valence-electron chi connectivity index (χ0n) is 11.2. The van der Waals surface area contributed by atoms with Crippen LogP contribution in [0, 0.1) is 5.82 Å². The molecule has 1 heterocycles. The molecule has 3 nitrogen and oxygen atoms in total. The highest BCUT2D eigenvalue weighted by Crippen LogP contribution is 2.17. The van der Waals surface area contributed by atoms with Crippen molar-refractivity contribution in [1.29, 1.82) is 0 Å². The molecule has 3 rings (SSSR count). The number of halogens is 1. The van der Waals surface area contributed by atoms with Crippen molar-refractivity contribution in [3.8, 4) is 0 Å². The van der Waals surface area contributed by atoms with E-state index in [1.54, 1.807) is 30.5 Å². The number of carbonyl (C=O) groups is 1. The molecule has 104 valence electrons. The molecule has 1 aromatic heterocycles. The molecule has 0 spiro atoms. The molecule has 3 aromatic rings. The summed E-state index contributed by atoms with van der Waals surface area (Å²) in [6.07, 6.45) is 1.73. The summed E-state index contributed by atoms with van der Waals surface area (Å²) in [4.78, 5) is 16.2. The average molecular weight is 280 g/mol. The van der Waals surface area contributed by atoms with Crippen LogP contribution in [0.15, 0.2) is 60.8 Å². The summed E-state index contributed by atoms with van der Waals surface area (Å²) in [6.45, 7) is 0. The number of fused-ring (bicyclic) bond motifs is 1. The van der Waals surface area contributed by atoms with Crippen molar-refractivity contribution in [3.63, 3.8) is 0 Å². The molecule has 0 unspecified atom stereocenters. The Morgan fingerprint density at radius 1 is 1.10 bits per heavy atom. The van der Waals surface area contributed by atoms with Crippen molar-refractivity contribution in [3.05, 3.63) is 72.2 Å². The fraction of sp³-hybridized carbons (Fsp3) is 0.0588. The molecule has 0 atom stereocenters. The fourth-order valence-corrected chi connectivity index (χ4v) is 2.17. The molecule has 0 radical (unpaired) electrons. The van der Waals surface area contributed by atoms with Gasteiger partial charge in [-0.1, -0.05) is 24.3 Å². The van der Waals surface area contributed by atoms with Gasteiger partial charge in [0.15, 0.2) is 0 Å². The van der Waals surface area contributed by atoms with Gasteiger partial charge in [0.25, 0.3) is 0 Å². The molecule has 0 aliphatic carbocycles. The monoisotopic (exact) mass is 280 g/mol. The number of aromatic nitrogens is 1. The van der Waals surface area contributed by atoms with E-state index in [0.717, 1.165) is 10.9 Å². The first kappa shape index (κ1) is 13.2. The maximum atomic E-state index is 13.5. The van der Waals surface area contributed by atoms with E-state index in [2.05, 4.69) is 10.3 Å². The highest BCUT2D eigenvalue weighted by molar-refractivity contribution is 5.94. The summed E-state index contributed by atoms with van der Waals surface area (Å²) < 4.78 is 13.5. The van der Waals surface area contributed by atoms with Crippen LogP contribution in [0.3, 0.4) is 0 Å². The Morgan fingerprint density at radius 2 is 1.95 bits per heavy atom. The van der Waals surface area contributed by atoms with Gasteiger partial charge in [-0.15, -0.1) is 0 Å². The van der Waals surface area contributed by atoms with Gasteiger partial charge in [-0.05, 0) is 35.9 Å². The van der Waals surface area contributed by atoms with E-state index >= 15 is 0 Å². The largest absolute Gasteiger partial charge is 0.326 e. The number of amides is 1. The number of hydrogen-bond acceptors (Lipinski definition) is 2. The van der Waals surface area contributed by atoms with Crippen LogP contribution in [0.4, 0.5) is 10.1 Å². The highest BCUT2D eigenvalue weighted by atomic mass is 19.1. The van der Waals surface area contributed by atoms with Crippen molar-refractivity contribution < 1.29 is 9.18 Å². The predicted molar refractivity (Wildman–Crippen MR) is 80.5 cm³/mol. The zero-order chi connectivity index (χ0) is 14.7. The van der Waals surface area contributed by atoms with Crippen molar-refractivity contribution in [2.75, 3.05) is 5.32 Å². The average Bonchev–Trinajstić information content (AvgIpc) is 2.49. The van der Waals surface area contributed by atoms with Gasteiger partial charge in [-0.3, -0.25) is 9.78 Å². The Labute approximate surface area is 121 Å². The summed E-state index contributed by atoms with van der Waals surface area (Å²) in [5.74, 6) is -0.612. The van der Waals surface area contributed by atoms with Gasteiger partial charge < -0.3 is 5.32 Å². The first-order valence-corrected chi connectivity index (χ1v) is 6.60. The van der Waals surface area contributed by atoms with E-state index in [1.807, 2.05) is 24.3 Å². The predicted octanol–water partition coefficient (Wildman–Crippen LogP) is 3.56. The minimum atomic E-state index is -0.365. The molecule has 4 heteroatoms. The van der Waals surface area contributed by atoms with Crippen LogP contribution < -0.4 is 5.32 Å². The first-order valence-electron chi connectivity index (χ1n) is 6.60. The van der Waals surface area contributed by atoms with Crippen LogP contribution in [0.25, 0.3) is 10.9 Å². The third-order valence-electron chi connectivity index (χ3n) is 3.20. The summed E-state index contributed by atoms with van der Waals surface area (Å²) in [5, 5.41) is 3.72. The third-order valence-corrected chi connectivity index (χ3v) is 3.20. The number of benzene rings is 2. The van der Waals surface area contributed by atoms with E-state index in [4.69, 9.17) is 0 Å². The smallest absolute Gasteiger partial charge is 0.228 e. The van der Waals surface area contributed by atoms with Gasteiger partial charge in [0.2, 0.25) is 5.91 Å². The van der Waals surface area contributed by atoms with Crippen molar-refractivity contribution in [1.82, 2.24) is 4.98 Å². The van der Waals surface area contributed by atoms with E-state index in [9.17, 15) is 9.18 Å². The van der Waals surface area contributed by atoms with E-state index in [1.165, 1.54) is 6.07 Å². The van der Waals surface area contributed by atoms with E-state index < -0.39 is 0 Å². The Hall–Kier alpha value is -2.75. The van der Waals surface area contributed by atoms with Gasteiger partial charge in [-0.2, -0.15) is 0 Å². The lowest BCUT2D eigenvalue weighted by Gasteiger charge is -2.07. The Balaban J connectivity index is 1.75. The lowest BCUT2D eigenvalue weighted by molar-refractivity contribution is -0.115. The van der Waals surface area contributed by atoms with Crippen molar-refractivity contribution in [2.45, 2.75) is 6.42 Å². The lowest BCUT2D eigenvalue weighted by atomic mass is 10.1. The van der Waals surface area contributed by atoms with Crippen molar-refractivity contribution >= 4 is 22.5 Å². The Kier molecular flexibility index (Phi) is 3.60. The SMILES string of the molecule is O=C(Cc1ccccc1F)Nc1ccc2ncccc2c1. The summed E-state index contributed by atoms with van der Waals surface area (Å²) in [7, 11) is 0. The van der Waals surface area contributed by atoms with Crippen LogP contribution in [0.5, 0.6) is 0 Å². The summed E-state index contributed by atoms with van der Waals surface area (Å²) in [6, 6.07) is 15.5. The molecule has 0 saturated heterocycles. The van der Waals surface area contributed by atoms with Gasteiger partial charge in [0.1, 0.15) is 5.82 Å². The number of hydrogen-bond donors (Lipinski definition) is 1. The molecular weight excluding hydrogens is 267 g/mol. The highest BCUT2D eigenvalue weighted by Gasteiger charge is 2.08. The summed E-state index contributed by atoms with van der Waals surface area (Å²) >= 11 is 0. The maximum absolute atomic E-state index is 13.5. The fourth-order valence-electron chi connectivity index (χ4n) is 2.17. The van der Waals surface area contributed by atoms with Gasteiger partial charge >= 0.3 is 0 Å². The second-order valence-corrected chi connectivity index (χ2v) is 4.73. The molecule has 0 bridgehead atoms. The van der Waals surface area contributed by atoms with Crippen molar-refractivity contribution in [2.24, 2.45) is 0 Å². The molecule has 0 aliphatic rings.